The van der Waals surface area contributed by atoms with Gasteiger partial charge in [0, 0.05) is 16.2 Å². The molecule has 0 aliphatic rings. The summed E-state index contributed by atoms with van der Waals surface area (Å²) >= 11 is 3.49. The van der Waals surface area contributed by atoms with Crippen molar-refractivity contribution in [3.05, 3.63) is 80.8 Å². The number of aryl methyl sites for hydroxylation is 2. The van der Waals surface area contributed by atoms with Crippen molar-refractivity contribution in [3.8, 4) is 11.1 Å². The molecule has 26 heavy (non-hydrogen) atoms. The number of rotatable bonds is 3. The lowest BCUT2D eigenvalue weighted by Crippen LogP contribution is -2.00. The Morgan fingerprint density at radius 3 is 2.54 bits per heavy atom. The fraction of sp³-hybridized carbons (Fsp3) is 0.0952. The molecule has 0 amide bonds. The molecule has 2 aromatic heterocycles. The van der Waals surface area contributed by atoms with Crippen LogP contribution in [-0.2, 0) is 0 Å². The lowest BCUT2D eigenvalue weighted by Gasteiger charge is -2.09. The molecule has 0 aliphatic heterocycles. The van der Waals surface area contributed by atoms with E-state index in [0.29, 0.717) is 28.2 Å². The van der Waals surface area contributed by atoms with Crippen molar-refractivity contribution in [2.45, 2.75) is 13.8 Å². The maximum Gasteiger partial charge on any atom is 0.347 e. The Balaban J connectivity index is 2.00. The summed E-state index contributed by atoms with van der Waals surface area (Å²) in [6, 6.07) is 17.4. The monoisotopic (exact) mass is 409 g/mol. The number of hydrogen-bond donors (Lipinski definition) is 1. The van der Waals surface area contributed by atoms with Gasteiger partial charge in [-0.25, -0.2) is 4.79 Å². The summed E-state index contributed by atoms with van der Waals surface area (Å²) < 4.78 is 12.3. The van der Waals surface area contributed by atoms with Gasteiger partial charge in [0.1, 0.15) is 16.7 Å². The largest absolute Gasteiger partial charge is 0.439 e. The first-order valence-corrected chi connectivity index (χ1v) is 8.98. The van der Waals surface area contributed by atoms with Gasteiger partial charge < -0.3 is 14.2 Å². The lowest BCUT2D eigenvalue weighted by molar-refractivity contribution is 0.485. The van der Waals surface area contributed by atoms with Crippen molar-refractivity contribution in [1.82, 2.24) is 0 Å². The predicted molar refractivity (Wildman–Crippen MR) is 107 cm³/mol. The van der Waals surface area contributed by atoms with Crippen molar-refractivity contribution in [2.75, 3.05) is 5.32 Å². The maximum absolute atomic E-state index is 12.5. The van der Waals surface area contributed by atoms with Crippen LogP contribution in [0.3, 0.4) is 0 Å². The van der Waals surface area contributed by atoms with Crippen LogP contribution in [0, 0.1) is 13.8 Å². The Morgan fingerprint density at radius 1 is 0.962 bits per heavy atom. The molecule has 130 valence electrons. The van der Waals surface area contributed by atoms with E-state index in [0.717, 1.165) is 21.3 Å². The fourth-order valence-corrected chi connectivity index (χ4v) is 3.41. The van der Waals surface area contributed by atoms with Crippen LogP contribution in [0.4, 0.5) is 11.6 Å². The van der Waals surface area contributed by atoms with Gasteiger partial charge in [0.2, 0.25) is 5.88 Å². The second kappa shape index (κ2) is 6.50. The van der Waals surface area contributed by atoms with Crippen molar-refractivity contribution in [3.63, 3.8) is 0 Å². The molecule has 0 aliphatic carbocycles. The van der Waals surface area contributed by atoms with Crippen LogP contribution in [0.15, 0.2) is 72.7 Å². The number of hydrogen-bond acceptors (Lipinski definition) is 4. The molecule has 0 saturated carbocycles. The average molecular weight is 410 g/mol. The van der Waals surface area contributed by atoms with Crippen LogP contribution < -0.4 is 10.9 Å². The van der Waals surface area contributed by atoms with Crippen LogP contribution in [0.25, 0.3) is 22.1 Å². The fourth-order valence-electron chi connectivity index (χ4n) is 3.01. The number of anilines is 2. The molecule has 4 nitrogen and oxygen atoms in total. The van der Waals surface area contributed by atoms with E-state index in [9.17, 15) is 4.79 Å². The lowest BCUT2D eigenvalue weighted by atomic mass is 10.0. The van der Waals surface area contributed by atoms with E-state index < -0.39 is 5.63 Å². The van der Waals surface area contributed by atoms with Gasteiger partial charge in [0.15, 0.2) is 0 Å². The highest BCUT2D eigenvalue weighted by molar-refractivity contribution is 9.10. The maximum atomic E-state index is 12.5. The SMILES string of the molecule is Cc1cc2oc(Nc3ccccc3C)c(-c3cccc(Br)c3)c2c(=O)o1. The third-order valence-corrected chi connectivity index (χ3v) is 4.73. The van der Waals surface area contributed by atoms with Gasteiger partial charge in [-0.05, 0) is 43.2 Å². The zero-order valence-electron chi connectivity index (χ0n) is 14.3. The summed E-state index contributed by atoms with van der Waals surface area (Å²) in [4.78, 5) is 12.5. The van der Waals surface area contributed by atoms with E-state index in [2.05, 4.69) is 21.2 Å². The van der Waals surface area contributed by atoms with E-state index in [-0.39, 0.29) is 0 Å². The molecule has 0 spiro atoms. The zero-order valence-corrected chi connectivity index (χ0v) is 15.9. The Bertz CT molecular complexity index is 1170. The average Bonchev–Trinajstić information content (AvgIpc) is 2.95. The molecule has 1 N–H and O–H groups in total. The first kappa shape index (κ1) is 16.7. The molecule has 0 fully saturated rings. The number of fused-ring (bicyclic) bond motifs is 1. The Labute approximate surface area is 158 Å². The number of benzene rings is 2. The smallest absolute Gasteiger partial charge is 0.347 e. The van der Waals surface area contributed by atoms with E-state index in [1.807, 2.05) is 55.5 Å². The van der Waals surface area contributed by atoms with Crippen molar-refractivity contribution in [1.29, 1.82) is 0 Å². The number of para-hydroxylation sites is 1. The molecule has 5 heteroatoms. The van der Waals surface area contributed by atoms with Gasteiger partial charge in [-0.3, -0.25) is 0 Å². The quantitative estimate of drug-likeness (QED) is 0.439. The summed E-state index contributed by atoms with van der Waals surface area (Å²) in [7, 11) is 0. The second-order valence-corrected chi connectivity index (χ2v) is 7.06. The number of nitrogens with one attached hydrogen (secondary N) is 1. The van der Waals surface area contributed by atoms with Crippen LogP contribution >= 0.6 is 15.9 Å². The van der Waals surface area contributed by atoms with E-state index >= 15 is 0 Å². The van der Waals surface area contributed by atoms with E-state index in [1.165, 1.54) is 0 Å². The number of halogens is 1. The van der Waals surface area contributed by atoms with E-state index in [4.69, 9.17) is 8.83 Å². The Kier molecular flexibility index (Phi) is 4.17. The minimum Gasteiger partial charge on any atom is -0.439 e. The molecular weight excluding hydrogens is 394 g/mol. The highest BCUT2D eigenvalue weighted by Gasteiger charge is 2.21. The molecule has 0 bridgehead atoms. The Morgan fingerprint density at radius 2 is 1.77 bits per heavy atom. The summed E-state index contributed by atoms with van der Waals surface area (Å²) in [5.74, 6) is 1.03. The van der Waals surface area contributed by atoms with Gasteiger partial charge in [-0.15, -0.1) is 0 Å². The topological polar surface area (TPSA) is 55.4 Å². The van der Waals surface area contributed by atoms with Crippen LogP contribution in [0.5, 0.6) is 0 Å². The normalized spacial score (nSPS) is 11.0. The molecular formula is C21H16BrNO3. The van der Waals surface area contributed by atoms with Gasteiger partial charge in [0.05, 0.1) is 5.56 Å². The molecule has 0 unspecified atom stereocenters. The third-order valence-electron chi connectivity index (χ3n) is 4.23. The molecule has 0 radical (unpaired) electrons. The molecule has 2 aromatic carbocycles. The first-order chi connectivity index (χ1) is 12.5. The van der Waals surface area contributed by atoms with Gasteiger partial charge in [-0.2, -0.15) is 0 Å². The molecule has 4 aromatic rings. The second-order valence-electron chi connectivity index (χ2n) is 6.14. The van der Waals surface area contributed by atoms with Crippen LogP contribution in [0.1, 0.15) is 11.3 Å². The van der Waals surface area contributed by atoms with Crippen molar-refractivity contribution in [2.24, 2.45) is 0 Å². The van der Waals surface area contributed by atoms with Crippen LogP contribution in [0.2, 0.25) is 0 Å². The molecule has 2 heterocycles. The van der Waals surface area contributed by atoms with Crippen molar-refractivity contribution >= 4 is 38.5 Å². The Hall–Kier alpha value is -2.79. The molecule has 0 atom stereocenters. The number of furan rings is 1. The standard InChI is InChI=1S/C21H16BrNO3/c1-12-6-3-4-9-16(12)23-20-18(14-7-5-8-15(22)11-14)19-17(26-20)10-13(2)25-21(19)24/h3-11,23H,1-2H3. The first-order valence-electron chi connectivity index (χ1n) is 8.19. The van der Waals surface area contributed by atoms with E-state index in [1.54, 1.807) is 13.0 Å². The predicted octanol–water partition coefficient (Wildman–Crippen LogP) is 6.18. The highest BCUT2D eigenvalue weighted by atomic mass is 79.9. The highest BCUT2D eigenvalue weighted by Crippen LogP contribution is 2.39. The summed E-state index contributed by atoms with van der Waals surface area (Å²) in [5, 5.41) is 3.77. The summed E-state index contributed by atoms with van der Waals surface area (Å²) in [6.45, 7) is 3.75. The minimum atomic E-state index is -0.406. The summed E-state index contributed by atoms with van der Waals surface area (Å²) in [6.07, 6.45) is 0. The van der Waals surface area contributed by atoms with Gasteiger partial charge in [-0.1, -0.05) is 46.3 Å². The van der Waals surface area contributed by atoms with Gasteiger partial charge >= 0.3 is 5.63 Å². The van der Waals surface area contributed by atoms with Crippen LogP contribution in [-0.4, -0.2) is 0 Å². The zero-order chi connectivity index (χ0) is 18.3. The third kappa shape index (κ3) is 2.95. The minimum absolute atomic E-state index is 0.406. The van der Waals surface area contributed by atoms with Gasteiger partial charge in [0.25, 0.3) is 0 Å². The summed E-state index contributed by atoms with van der Waals surface area (Å²) in [5.41, 5.74) is 3.66. The van der Waals surface area contributed by atoms with Crippen molar-refractivity contribution < 1.29 is 8.83 Å². The molecule has 4 rings (SSSR count). The molecule has 0 saturated heterocycles.